The number of nitriles is 1. The number of halogens is 3. The molecule has 0 aromatic heterocycles. The molecule has 0 aliphatic carbocycles. The minimum atomic E-state index is -0.637. The molecule has 2 rings (SSSR count). The lowest BCUT2D eigenvalue weighted by Gasteiger charge is -2.08. The highest BCUT2D eigenvalue weighted by atomic mass is 127. The van der Waals surface area contributed by atoms with Gasteiger partial charge in [0.2, 0.25) is 0 Å². The first-order valence-electron chi connectivity index (χ1n) is 5.47. The zero-order chi connectivity index (χ0) is 14.7. The fourth-order valence-corrected chi connectivity index (χ4v) is 2.49. The van der Waals surface area contributed by atoms with Crippen molar-refractivity contribution in [3.63, 3.8) is 0 Å². The molecule has 20 heavy (non-hydrogen) atoms. The second kappa shape index (κ2) is 6.33. The van der Waals surface area contributed by atoms with E-state index in [-0.39, 0.29) is 11.3 Å². The molecule has 0 atom stereocenters. The molecular weight excluding hydrogens is 438 g/mol. The molecule has 0 saturated heterocycles. The van der Waals surface area contributed by atoms with Gasteiger partial charge in [-0.2, -0.15) is 5.26 Å². The van der Waals surface area contributed by atoms with E-state index in [9.17, 15) is 9.18 Å². The average molecular weight is 445 g/mol. The third-order valence-corrected chi connectivity index (χ3v) is 3.95. The number of carbonyl (C=O) groups is 1. The minimum Gasteiger partial charge on any atom is -0.319 e. The van der Waals surface area contributed by atoms with Gasteiger partial charge in [0.25, 0.3) is 5.91 Å². The lowest BCUT2D eigenvalue weighted by molar-refractivity contribution is 0.102. The van der Waals surface area contributed by atoms with Crippen molar-refractivity contribution in [2.75, 3.05) is 5.32 Å². The van der Waals surface area contributed by atoms with Gasteiger partial charge in [0.1, 0.15) is 5.82 Å². The van der Waals surface area contributed by atoms with Crippen molar-refractivity contribution in [3.05, 3.63) is 61.4 Å². The molecular formula is C14H7BrFIN2O. The van der Waals surface area contributed by atoms with Crippen molar-refractivity contribution >= 4 is 50.1 Å². The van der Waals surface area contributed by atoms with Gasteiger partial charge in [-0.05, 0) is 59.0 Å². The summed E-state index contributed by atoms with van der Waals surface area (Å²) in [7, 11) is 0. The number of nitrogens with zero attached hydrogens (tertiary/aromatic N) is 1. The molecule has 0 aliphatic heterocycles. The number of carbonyl (C=O) groups excluding carboxylic acids is 1. The van der Waals surface area contributed by atoms with Crippen LogP contribution in [0.25, 0.3) is 0 Å². The Morgan fingerprint density at radius 3 is 2.70 bits per heavy atom. The number of amides is 1. The van der Waals surface area contributed by atoms with Gasteiger partial charge in [-0.1, -0.05) is 15.9 Å². The van der Waals surface area contributed by atoms with Crippen LogP contribution in [0.3, 0.4) is 0 Å². The molecule has 0 aliphatic rings. The summed E-state index contributed by atoms with van der Waals surface area (Å²) >= 11 is 5.33. The smallest absolute Gasteiger partial charge is 0.256 e. The van der Waals surface area contributed by atoms with E-state index in [1.54, 1.807) is 12.1 Å². The standard InChI is InChI=1S/C14H7BrFIN2O/c15-9-2-3-12(17)10(6-9)14(20)19-13-4-1-8(7-18)5-11(13)16/h1-6H,(H,19,20). The van der Waals surface area contributed by atoms with E-state index in [1.807, 2.05) is 34.7 Å². The topological polar surface area (TPSA) is 52.9 Å². The third kappa shape index (κ3) is 3.35. The maximum Gasteiger partial charge on any atom is 0.256 e. The number of hydrogen-bond donors (Lipinski definition) is 1. The van der Waals surface area contributed by atoms with Gasteiger partial charge in [-0.15, -0.1) is 0 Å². The van der Waals surface area contributed by atoms with Crippen molar-refractivity contribution < 1.29 is 9.18 Å². The number of nitrogens with one attached hydrogen (secondary N) is 1. The molecule has 0 radical (unpaired) electrons. The molecule has 0 bridgehead atoms. The van der Waals surface area contributed by atoms with Gasteiger partial charge in [0.05, 0.1) is 22.9 Å². The Balaban J connectivity index is 2.28. The Bertz CT molecular complexity index is 728. The average Bonchev–Trinajstić information content (AvgIpc) is 2.43. The maximum atomic E-state index is 13.7. The van der Waals surface area contributed by atoms with Crippen LogP contribution in [0.4, 0.5) is 10.1 Å². The zero-order valence-electron chi connectivity index (χ0n) is 9.95. The number of rotatable bonds is 2. The van der Waals surface area contributed by atoms with E-state index in [4.69, 9.17) is 5.26 Å². The summed E-state index contributed by atoms with van der Waals surface area (Å²) in [6.07, 6.45) is 0. The summed E-state index contributed by atoms with van der Waals surface area (Å²) in [5, 5.41) is 11.2. The Morgan fingerprint density at radius 1 is 1.30 bits per heavy atom. The van der Waals surface area contributed by atoms with Crippen LogP contribution in [0.5, 0.6) is 0 Å². The van der Waals surface area contributed by atoms with Crippen molar-refractivity contribution in [3.8, 4) is 6.07 Å². The van der Waals surface area contributed by atoms with E-state index in [0.29, 0.717) is 5.56 Å². The van der Waals surface area contributed by atoms with E-state index in [2.05, 4.69) is 21.2 Å². The number of benzene rings is 2. The summed E-state index contributed by atoms with van der Waals surface area (Å²) in [6, 6.07) is 11.0. The van der Waals surface area contributed by atoms with E-state index in [1.165, 1.54) is 12.1 Å². The van der Waals surface area contributed by atoms with Gasteiger partial charge in [-0.3, -0.25) is 4.79 Å². The molecule has 1 amide bonds. The minimum absolute atomic E-state index is 0.0461. The van der Waals surface area contributed by atoms with Crippen LogP contribution in [0.15, 0.2) is 40.9 Å². The van der Waals surface area contributed by atoms with Gasteiger partial charge >= 0.3 is 0 Å². The third-order valence-electron chi connectivity index (χ3n) is 2.52. The van der Waals surface area contributed by atoms with Crippen LogP contribution in [0.2, 0.25) is 0 Å². The van der Waals surface area contributed by atoms with E-state index in [0.717, 1.165) is 14.1 Å². The largest absolute Gasteiger partial charge is 0.319 e. The number of anilines is 1. The normalized spacial score (nSPS) is 9.90. The molecule has 2 aromatic rings. The Kier molecular flexibility index (Phi) is 4.73. The van der Waals surface area contributed by atoms with Gasteiger partial charge in [-0.25, -0.2) is 4.39 Å². The Hall–Kier alpha value is -1.46. The number of hydrogen-bond acceptors (Lipinski definition) is 2. The Labute approximate surface area is 137 Å². The lowest BCUT2D eigenvalue weighted by atomic mass is 10.2. The second-order valence-electron chi connectivity index (χ2n) is 3.88. The molecule has 2 aromatic carbocycles. The highest BCUT2D eigenvalue weighted by Crippen LogP contribution is 2.21. The van der Waals surface area contributed by atoms with Crippen LogP contribution in [-0.2, 0) is 0 Å². The van der Waals surface area contributed by atoms with Gasteiger partial charge in [0.15, 0.2) is 0 Å². The first-order valence-corrected chi connectivity index (χ1v) is 7.34. The van der Waals surface area contributed by atoms with Crippen molar-refractivity contribution in [1.82, 2.24) is 0 Å². The molecule has 6 heteroatoms. The maximum absolute atomic E-state index is 13.7. The zero-order valence-corrected chi connectivity index (χ0v) is 13.7. The molecule has 100 valence electrons. The first-order chi connectivity index (χ1) is 9.51. The van der Waals surface area contributed by atoms with Crippen LogP contribution >= 0.6 is 38.5 Å². The molecule has 0 fully saturated rings. The SMILES string of the molecule is N#Cc1ccc(NC(=O)c2cc(Br)ccc2I)c(F)c1. The van der Waals surface area contributed by atoms with E-state index >= 15 is 0 Å². The van der Waals surface area contributed by atoms with Crippen LogP contribution in [0.1, 0.15) is 15.9 Å². The fraction of sp³-hybridized carbons (Fsp3) is 0. The molecule has 0 heterocycles. The van der Waals surface area contributed by atoms with Gasteiger partial charge in [0, 0.05) is 8.04 Å². The second-order valence-corrected chi connectivity index (χ2v) is 5.96. The summed E-state index contributed by atoms with van der Waals surface area (Å²) in [4.78, 5) is 12.1. The molecule has 0 unspecified atom stereocenters. The highest BCUT2D eigenvalue weighted by Gasteiger charge is 2.13. The summed E-state index contributed by atoms with van der Waals surface area (Å²) < 4.78 is 15.2. The fourth-order valence-electron chi connectivity index (χ4n) is 1.55. The van der Waals surface area contributed by atoms with E-state index < -0.39 is 11.7 Å². The van der Waals surface area contributed by atoms with Gasteiger partial charge < -0.3 is 5.32 Å². The van der Waals surface area contributed by atoms with Crippen molar-refractivity contribution in [1.29, 1.82) is 5.26 Å². The lowest BCUT2D eigenvalue weighted by Crippen LogP contribution is -2.14. The highest BCUT2D eigenvalue weighted by molar-refractivity contribution is 14.1. The summed E-state index contributed by atoms with van der Waals surface area (Å²) in [6.45, 7) is 0. The predicted octanol–water partition coefficient (Wildman–Crippen LogP) is 4.32. The predicted molar refractivity (Wildman–Crippen MR) is 85.9 cm³/mol. The Morgan fingerprint density at radius 2 is 2.05 bits per heavy atom. The monoisotopic (exact) mass is 444 g/mol. The first kappa shape index (κ1) is 14.9. The molecule has 3 nitrogen and oxygen atoms in total. The molecule has 0 spiro atoms. The van der Waals surface area contributed by atoms with Crippen LogP contribution in [0, 0.1) is 20.7 Å². The van der Waals surface area contributed by atoms with Crippen molar-refractivity contribution in [2.24, 2.45) is 0 Å². The molecule has 0 saturated carbocycles. The van der Waals surface area contributed by atoms with Crippen LogP contribution < -0.4 is 5.32 Å². The molecule has 1 N–H and O–H groups in total. The quantitative estimate of drug-likeness (QED) is 0.701. The van der Waals surface area contributed by atoms with Crippen molar-refractivity contribution in [2.45, 2.75) is 0 Å². The summed E-state index contributed by atoms with van der Waals surface area (Å²) in [5.74, 6) is -1.04. The van der Waals surface area contributed by atoms with Crippen LogP contribution in [-0.4, -0.2) is 5.91 Å². The summed E-state index contributed by atoms with van der Waals surface area (Å²) in [5.41, 5.74) is 0.700.